The highest BCUT2D eigenvalue weighted by Crippen LogP contribution is 2.53. The van der Waals surface area contributed by atoms with E-state index in [0.717, 1.165) is 0 Å². The Morgan fingerprint density at radius 1 is 0.224 bits per heavy atom. The first kappa shape index (κ1) is 37.0. The molecule has 0 radical (unpaired) electrons. The van der Waals surface area contributed by atoms with Crippen LogP contribution in [0.5, 0.6) is 0 Å². The van der Waals surface area contributed by atoms with Crippen molar-refractivity contribution in [1.82, 2.24) is 0 Å². The fourth-order valence-electron chi connectivity index (χ4n) is 12.4. The minimum atomic E-state index is -0.143. The third kappa shape index (κ3) is 5.19. The molecule has 15 rings (SSSR count). The van der Waals surface area contributed by atoms with E-state index in [-0.39, 0.29) is 5.41 Å². The zero-order valence-corrected chi connectivity index (χ0v) is 37.3. The van der Waals surface area contributed by atoms with Crippen LogP contribution in [0.15, 0.2) is 218 Å². The van der Waals surface area contributed by atoms with Gasteiger partial charge in [0.15, 0.2) is 0 Å². The second-order valence-corrected chi connectivity index (χ2v) is 19.6. The van der Waals surface area contributed by atoms with Gasteiger partial charge in [0.1, 0.15) is 0 Å². The Balaban J connectivity index is 0.726. The van der Waals surface area contributed by atoms with Gasteiger partial charge in [-0.3, -0.25) is 0 Å². The van der Waals surface area contributed by atoms with Gasteiger partial charge in [-0.25, -0.2) is 0 Å². The van der Waals surface area contributed by atoms with Gasteiger partial charge in [-0.15, -0.1) is 0 Å². The average Bonchev–Trinajstić information content (AvgIpc) is 3.97. The molecule has 0 N–H and O–H groups in total. The van der Waals surface area contributed by atoms with Crippen molar-refractivity contribution in [3.8, 4) is 100 Å². The molecular weight excluding hydrogens is 805 g/mol. The zero-order chi connectivity index (χ0) is 44.1. The van der Waals surface area contributed by atoms with Crippen molar-refractivity contribution in [3.05, 3.63) is 230 Å². The molecule has 0 spiro atoms. The fraction of sp³-hybridized carbons (Fsp3) is 0.0448. The van der Waals surface area contributed by atoms with Crippen LogP contribution >= 0.6 is 0 Å². The molecule has 3 aliphatic rings. The van der Waals surface area contributed by atoms with Gasteiger partial charge in [-0.2, -0.15) is 0 Å². The predicted octanol–water partition coefficient (Wildman–Crippen LogP) is 18.6. The number of fused-ring (bicyclic) bond motifs is 11. The lowest BCUT2D eigenvalue weighted by Gasteiger charge is -2.23. The van der Waals surface area contributed by atoms with E-state index in [1.165, 1.54) is 154 Å². The normalized spacial score (nSPS) is 13.3. The molecule has 12 aromatic rings. The predicted molar refractivity (Wildman–Crippen MR) is 285 cm³/mol. The monoisotopic (exact) mass is 846 g/mol. The molecule has 12 aromatic carbocycles. The van der Waals surface area contributed by atoms with Crippen LogP contribution in [0.1, 0.15) is 25.0 Å². The fourth-order valence-corrected chi connectivity index (χ4v) is 12.4. The summed E-state index contributed by atoms with van der Waals surface area (Å²) >= 11 is 0. The molecule has 0 nitrogen and oxygen atoms in total. The SMILES string of the molecule is CC1(C)c2cc(-c3ccc4cc(-c5ccc6c7c(cccc57)-c5ccccc5-6)ccc4c3)ccc2-c2ccc(-c3ccc4cc(-c5ccc6c7c(cccc57)-c5ccccc5-6)ccc4c3)cc21. The number of hydrogen-bond acceptors (Lipinski definition) is 0. The Morgan fingerprint density at radius 2 is 0.522 bits per heavy atom. The number of hydrogen-bond donors (Lipinski definition) is 0. The van der Waals surface area contributed by atoms with Gasteiger partial charge in [0.2, 0.25) is 0 Å². The maximum atomic E-state index is 2.45. The summed E-state index contributed by atoms with van der Waals surface area (Å²) in [5.41, 5.74) is 26.1. The van der Waals surface area contributed by atoms with Crippen molar-refractivity contribution in [2.75, 3.05) is 0 Å². The molecule has 0 aliphatic heterocycles. The quantitative estimate of drug-likeness (QED) is 0.166. The molecule has 0 aromatic heterocycles. The molecule has 0 saturated heterocycles. The molecule has 0 atom stereocenters. The van der Waals surface area contributed by atoms with E-state index in [0.29, 0.717) is 0 Å². The molecule has 0 unspecified atom stereocenters. The maximum Gasteiger partial charge on any atom is 0.0159 e. The summed E-state index contributed by atoms with van der Waals surface area (Å²) in [6, 6.07) is 82.6. The Labute approximate surface area is 390 Å². The maximum absolute atomic E-state index is 2.45. The van der Waals surface area contributed by atoms with Gasteiger partial charge in [0.05, 0.1) is 0 Å². The highest BCUT2D eigenvalue weighted by atomic mass is 14.4. The molecule has 0 heterocycles. The van der Waals surface area contributed by atoms with Gasteiger partial charge in [-0.1, -0.05) is 196 Å². The lowest BCUT2D eigenvalue weighted by molar-refractivity contribution is 0.661. The third-order valence-corrected chi connectivity index (χ3v) is 15.7. The largest absolute Gasteiger partial charge is 0.0616 e. The first-order chi connectivity index (χ1) is 32.9. The summed E-state index contributed by atoms with van der Waals surface area (Å²) in [5.74, 6) is 0. The smallest absolute Gasteiger partial charge is 0.0159 e. The van der Waals surface area contributed by atoms with E-state index in [1.54, 1.807) is 0 Å². The Kier molecular flexibility index (Phi) is 7.38. The summed E-state index contributed by atoms with van der Waals surface area (Å²) in [6.07, 6.45) is 0. The molecule has 3 aliphatic carbocycles. The van der Waals surface area contributed by atoms with Crippen molar-refractivity contribution < 1.29 is 0 Å². The van der Waals surface area contributed by atoms with Crippen LogP contribution in [0.3, 0.4) is 0 Å². The van der Waals surface area contributed by atoms with Crippen LogP contribution in [0, 0.1) is 0 Å². The standard InChI is InChI=1S/C67H42/c1-67(2)63-37-45(41-17-19-43-35-47(23-21-39(43)33-41)49-29-31-61-53-11-5-3-9-51(53)59-15-7-13-57(49)65(59)61)25-27-55(63)56-28-26-46(38-64(56)67)42-18-20-44-36-48(24-22-40(44)34-42)50-30-32-62-54-12-6-4-10-52(54)60-16-8-14-58(50)66(60)62/h3-38H,1-2H3. The first-order valence-electron chi connectivity index (χ1n) is 23.6. The van der Waals surface area contributed by atoms with E-state index < -0.39 is 0 Å². The van der Waals surface area contributed by atoms with E-state index in [4.69, 9.17) is 0 Å². The molecular formula is C67H42. The minimum Gasteiger partial charge on any atom is -0.0616 e. The lowest BCUT2D eigenvalue weighted by Crippen LogP contribution is -2.15. The average molecular weight is 847 g/mol. The van der Waals surface area contributed by atoms with Gasteiger partial charge >= 0.3 is 0 Å². The molecule has 0 heteroatoms. The molecule has 0 bridgehead atoms. The van der Waals surface area contributed by atoms with Gasteiger partial charge in [0.25, 0.3) is 0 Å². The molecule has 0 saturated carbocycles. The highest BCUT2D eigenvalue weighted by Gasteiger charge is 2.36. The van der Waals surface area contributed by atoms with Crippen molar-refractivity contribution in [1.29, 1.82) is 0 Å². The third-order valence-electron chi connectivity index (χ3n) is 15.7. The van der Waals surface area contributed by atoms with Crippen LogP contribution in [0.2, 0.25) is 0 Å². The summed E-state index contributed by atoms with van der Waals surface area (Å²) < 4.78 is 0. The van der Waals surface area contributed by atoms with Gasteiger partial charge in [-0.05, 0) is 191 Å². The molecule has 310 valence electrons. The van der Waals surface area contributed by atoms with E-state index >= 15 is 0 Å². The van der Waals surface area contributed by atoms with Crippen LogP contribution in [-0.2, 0) is 5.41 Å². The van der Waals surface area contributed by atoms with Crippen molar-refractivity contribution in [3.63, 3.8) is 0 Å². The Bertz CT molecular complexity index is 3850. The summed E-state index contributed by atoms with van der Waals surface area (Å²) in [6.45, 7) is 4.79. The van der Waals surface area contributed by atoms with E-state index in [9.17, 15) is 0 Å². The number of benzene rings is 12. The van der Waals surface area contributed by atoms with E-state index in [1.807, 2.05) is 0 Å². The zero-order valence-electron chi connectivity index (χ0n) is 37.3. The first-order valence-corrected chi connectivity index (χ1v) is 23.6. The summed E-state index contributed by atoms with van der Waals surface area (Å²) in [7, 11) is 0. The lowest BCUT2D eigenvalue weighted by atomic mass is 9.80. The van der Waals surface area contributed by atoms with Crippen LogP contribution in [0.4, 0.5) is 0 Å². The Hall–Kier alpha value is -8.32. The topological polar surface area (TPSA) is 0 Å². The van der Waals surface area contributed by atoms with Crippen LogP contribution < -0.4 is 0 Å². The Morgan fingerprint density at radius 3 is 0.940 bits per heavy atom. The molecule has 0 fully saturated rings. The number of rotatable bonds is 4. The van der Waals surface area contributed by atoms with Gasteiger partial charge < -0.3 is 0 Å². The van der Waals surface area contributed by atoms with E-state index in [2.05, 4.69) is 232 Å². The molecule has 67 heavy (non-hydrogen) atoms. The second-order valence-electron chi connectivity index (χ2n) is 19.6. The second kappa shape index (κ2) is 13.4. The summed E-state index contributed by atoms with van der Waals surface area (Å²) in [4.78, 5) is 0. The summed E-state index contributed by atoms with van der Waals surface area (Å²) in [5, 5.41) is 10.4. The van der Waals surface area contributed by atoms with Crippen molar-refractivity contribution in [2.24, 2.45) is 0 Å². The minimum absolute atomic E-state index is 0.143. The van der Waals surface area contributed by atoms with Crippen LogP contribution in [0.25, 0.3) is 143 Å². The van der Waals surface area contributed by atoms with Gasteiger partial charge in [0, 0.05) is 5.41 Å². The van der Waals surface area contributed by atoms with Crippen LogP contribution in [-0.4, -0.2) is 0 Å². The molecule has 0 amide bonds. The van der Waals surface area contributed by atoms with Crippen molar-refractivity contribution >= 4 is 43.1 Å². The highest BCUT2D eigenvalue weighted by molar-refractivity contribution is 6.20. The van der Waals surface area contributed by atoms with Crippen molar-refractivity contribution in [2.45, 2.75) is 19.3 Å².